The fourth-order valence-corrected chi connectivity index (χ4v) is 1.91. The van der Waals surface area contributed by atoms with E-state index in [4.69, 9.17) is 6.42 Å². The number of hydrogen-bond acceptors (Lipinski definition) is 1. The van der Waals surface area contributed by atoms with E-state index < -0.39 is 0 Å². The molecule has 1 aromatic rings. The van der Waals surface area contributed by atoms with Crippen LogP contribution >= 0.6 is 38.5 Å². The Labute approximate surface area is 111 Å². The molecule has 0 bridgehead atoms. The van der Waals surface area contributed by atoms with Crippen molar-refractivity contribution < 1.29 is 4.79 Å². The summed E-state index contributed by atoms with van der Waals surface area (Å²) < 4.78 is 1.78. The Balaban J connectivity index is 2.92. The highest BCUT2D eigenvalue weighted by Crippen LogP contribution is 2.19. The molecule has 0 fully saturated rings. The molecule has 15 heavy (non-hydrogen) atoms. The molecular weight excluding hydrogens is 369 g/mol. The van der Waals surface area contributed by atoms with E-state index in [0.29, 0.717) is 5.56 Å². The molecule has 1 unspecified atom stereocenters. The normalized spacial score (nSPS) is 11.6. The Morgan fingerprint density at radius 3 is 2.93 bits per heavy atom. The third kappa shape index (κ3) is 3.50. The molecule has 78 valence electrons. The highest BCUT2D eigenvalue weighted by Gasteiger charge is 2.11. The van der Waals surface area contributed by atoms with Crippen molar-refractivity contribution >= 4 is 44.4 Å². The van der Waals surface area contributed by atoms with E-state index in [2.05, 4.69) is 49.8 Å². The summed E-state index contributed by atoms with van der Waals surface area (Å²) in [6.45, 7) is 1.76. The van der Waals surface area contributed by atoms with Crippen LogP contribution in [0, 0.1) is 15.9 Å². The van der Waals surface area contributed by atoms with Crippen molar-refractivity contribution in [1.82, 2.24) is 5.32 Å². The van der Waals surface area contributed by atoms with E-state index >= 15 is 0 Å². The van der Waals surface area contributed by atoms with Gasteiger partial charge in [-0.1, -0.05) is 5.92 Å². The molecule has 1 aromatic carbocycles. The third-order valence-electron chi connectivity index (χ3n) is 1.77. The first kappa shape index (κ1) is 12.5. The second-order valence-corrected chi connectivity index (χ2v) is 5.09. The summed E-state index contributed by atoms with van der Waals surface area (Å²) in [4.78, 5) is 11.7. The minimum Gasteiger partial charge on any atom is -0.339 e. The van der Waals surface area contributed by atoms with Crippen LogP contribution in [0.15, 0.2) is 22.7 Å². The molecule has 0 aliphatic carbocycles. The highest BCUT2D eigenvalue weighted by molar-refractivity contribution is 14.1. The van der Waals surface area contributed by atoms with Gasteiger partial charge in [0.25, 0.3) is 5.91 Å². The molecular formula is C11H9BrINO. The quantitative estimate of drug-likeness (QED) is 0.623. The molecule has 4 heteroatoms. The maximum absolute atomic E-state index is 11.7. The number of rotatable bonds is 2. The van der Waals surface area contributed by atoms with Gasteiger partial charge in [0.05, 0.1) is 11.6 Å². The Morgan fingerprint density at radius 2 is 2.33 bits per heavy atom. The Bertz CT molecular complexity index is 425. The van der Waals surface area contributed by atoms with Crippen molar-refractivity contribution in [2.75, 3.05) is 0 Å². The lowest BCUT2D eigenvalue weighted by Gasteiger charge is -2.09. The zero-order chi connectivity index (χ0) is 11.4. The van der Waals surface area contributed by atoms with Crippen molar-refractivity contribution in [1.29, 1.82) is 0 Å². The van der Waals surface area contributed by atoms with Crippen LogP contribution in [0.1, 0.15) is 17.3 Å². The average molecular weight is 378 g/mol. The van der Waals surface area contributed by atoms with Crippen molar-refractivity contribution in [2.24, 2.45) is 0 Å². The molecule has 0 aliphatic heterocycles. The first-order valence-electron chi connectivity index (χ1n) is 4.26. The van der Waals surface area contributed by atoms with Crippen LogP contribution in [0.5, 0.6) is 0 Å². The average Bonchev–Trinajstić information content (AvgIpc) is 2.21. The molecule has 0 spiro atoms. The lowest BCUT2D eigenvalue weighted by Crippen LogP contribution is -2.31. The number of carbonyl (C=O) groups excluding carboxylic acids is 1. The number of terminal acetylenes is 1. The fraction of sp³-hybridized carbons (Fsp3) is 0.182. The van der Waals surface area contributed by atoms with Gasteiger partial charge in [-0.15, -0.1) is 6.42 Å². The minimum absolute atomic E-state index is 0.161. The molecule has 1 atom stereocenters. The van der Waals surface area contributed by atoms with Crippen molar-refractivity contribution in [2.45, 2.75) is 13.0 Å². The first-order chi connectivity index (χ1) is 7.04. The second-order valence-electron chi connectivity index (χ2n) is 2.99. The van der Waals surface area contributed by atoms with Gasteiger partial charge in [0.2, 0.25) is 0 Å². The topological polar surface area (TPSA) is 29.1 Å². The largest absolute Gasteiger partial charge is 0.339 e. The lowest BCUT2D eigenvalue weighted by atomic mass is 10.2. The van der Waals surface area contributed by atoms with Crippen LogP contribution < -0.4 is 5.32 Å². The van der Waals surface area contributed by atoms with E-state index in [9.17, 15) is 4.79 Å². The van der Waals surface area contributed by atoms with Gasteiger partial charge in [0.15, 0.2) is 0 Å². The zero-order valence-corrected chi connectivity index (χ0v) is 11.8. The number of benzene rings is 1. The molecule has 0 aromatic heterocycles. The molecule has 1 amide bonds. The van der Waals surface area contributed by atoms with E-state index in [-0.39, 0.29) is 11.9 Å². The van der Waals surface area contributed by atoms with Crippen molar-refractivity contribution in [3.8, 4) is 12.3 Å². The van der Waals surface area contributed by atoms with E-state index in [1.54, 1.807) is 6.92 Å². The zero-order valence-electron chi connectivity index (χ0n) is 8.05. The molecule has 0 radical (unpaired) electrons. The molecule has 1 N–H and O–H groups in total. The maximum Gasteiger partial charge on any atom is 0.253 e. The van der Waals surface area contributed by atoms with Crippen LogP contribution in [-0.4, -0.2) is 11.9 Å². The first-order valence-corrected chi connectivity index (χ1v) is 6.14. The van der Waals surface area contributed by atoms with Crippen LogP contribution in [0.2, 0.25) is 0 Å². The molecule has 1 rings (SSSR count). The van der Waals surface area contributed by atoms with Crippen LogP contribution in [0.3, 0.4) is 0 Å². The van der Waals surface area contributed by atoms with Crippen LogP contribution in [0.4, 0.5) is 0 Å². The lowest BCUT2D eigenvalue weighted by molar-refractivity contribution is 0.0947. The molecule has 0 saturated heterocycles. The summed E-state index contributed by atoms with van der Waals surface area (Å²) >= 11 is 5.48. The number of halogens is 2. The summed E-state index contributed by atoms with van der Waals surface area (Å²) in [7, 11) is 0. The van der Waals surface area contributed by atoms with Crippen molar-refractivity contribution in [3.05, 3.63) is 31.8 Å². The van der Waals surface area contributed by atoms with Crippen LogP contribution in [0.25, 0.3) is 0 Å². The van der Waals surface area contributed by atoms with Gasteiger partial charge >= 0.3 is 0 Å². The standard InChI is InChI=1S/C11H9BrINO/c1-3-7(2)14-11(15)9-6-8(13)4-5-10(9)12/h1,4-7H,2H3,(H,14,15). The number of nitrogens with one attached hydrogen (secondary N) is 1. The predicted molar refractivity (Wildman–Crippen MR) is 72.6 cm³/mol. The minimum atomic E-state index is -0.262. The van der Waals surface area contributed by atoms with Gasteiger partial charge in [-0.25, -0.2) is 0 Å². The summed E-state index contributed by atoms with van der Waals surface area (Å²) in [5, 5.41) is 2.71. The summed E-state index contributed by atoms with van der Waals surface area (Å²) in [6, 6.07) is 5.31. The van der Waals surface area contributed by atoms with Gasteiger partial charge in [0.1, 0.15) is 0 Å². The number of hydrogen-bond donors (Lipinski definition) is 1. The Hall–Kier alpha value is -0.540. The second kappa shape index (κ2) is 5.52. The smallest absolute Gasteiger partial charge is 0.253 e. The van der Waals surface area contributed by atoms with Gasteiger partial charge in [-0.2, -0.15) is 0 Å². The highest BCUT2D eigenvalue weighted by atomic mass is 127. The Kier molecular flexibility index (Phi) is 4.61. The number of carbonyl (C=O) groups is 1. The Morgan fingerprint density at radius 1 is 1.67 bits per heavy atom. The van der Waals surface area contributed by atoms with Crippen molar-refractivity contribution in [3.63, 3.8) is 0 Å². The van der Waals surface area contributed by atoms with E-state index in [1.165, 1.54) is 0 Å². The SMILES string of the molecule is C#CC(C)NC(=O)c1cc(I)ccc1Br. The van der Waals surface area contributed by atoms with Gasteiger partial charge in [-0.05, 0) is 63.6 Å². The van der Waals surface area contributed by atoms with Crippen LogP contribution in [-0.2, 0) is 0 Å². The molecule has 0 heterocycles. The summed E-state index contributed by atoms with van der Waals surface area (Å²) in [6.07, 6.45) is 5.19. The molecule has 2 nitrogen and oxygen atoms in total. The summed E-state index contributed by atoms with van der Waals surface area (Å²) in [5.41, 5.74) is 0.601. The van der Waals surface area contributed by atoms with E-state index in [0.717, 1.165) is 8.04 Å². The maximum atomic E-state index is 11.7. The fourth-order valence-electron chi connectivity index (χ4n) is 0.988. The van der Waals surface area contributed by atoms with Gasteiger partial charge in [0, 0.05) is 8.04 Å². The molecule has 0 aliphatic rings. The third-order valence-corrected chi connectivity index (χ3v) is 3.13. The van der Waals surface area contributed by atoms with E-state index in [1.807, 2.05) is 18.2 Å². The van der Waals surface area contributed by atoms with Gasteiger partial charge in [-0.3, -0.25) is 4.79 Å². The van der Waals surface area contributed by atoms with Gasteiger partial charge < -0.3 is 5.32 Å². The number of amides is 1. The molecule has 0 saturated carbocycles. The summed E-state index contributed by atoms with van der Waals surface area (Å²) in [5.74, 6) is 2.29. The monoisotopic (exact) mass is 377 g/mol. The predicted octanol–water partition coefficient (Wildman–Crippen LogP) is 2.81.